The van der Waals surface area contributed by atoms with Crippen molar-refractivity contribution in [3.8, 4) is 0 Å². The maximum atomic E-state index is 12.8. The van der Waals surface area contributed by atoms with Crippen LogP contribution in [0.4, 0.5) is 0 Å². The molecule has 0 aromatic rings. The number of allylic oxidation sites excluding steroid dienone is 12. The van der Waals surface area contributed by atoms with Gasteiger partial charge in [0.05, 0.1) is 34.4 Å². The summed E-state index contributed by atoms with van der Waals surface area (Å²) in [6.45, 7) is 4.67. The predicted molar refractivity (Wildman–Crippen MR) is 280 cm³/mol. The highest BCUT2D eigenvalue weighted by Gasteiger charge is 2.31. The van der Waals surface area contributed by atoms with Gasteiger partial charge in [0.15, 0.2) is 12.1 Å². The molecule has 0 aliphatic carbocycles. The number of rotatable bonds is 48. The third kappa shape index (κ3) is 45.9. The molecule has 2 atom stereocenters. The van der Waals surface area contributed by atoms with Crippen LogP contribution >= 0.6 is 0 Å². The molecule has 8 nitrogen and oxygen atoms in total. The van der Waals surface area contributed by atoms with E-state index >= 15 is 0 Å². The number of carbonyl (C=O) groups is 3. The molecule has 380 valence electrons. The lowest BCUT2D eigenvalue weighted by Crippen LogP contribution is -2.50. The van der Waals surface area contributed by atoms with E-state index in [0.29, 0.717) is 25.7 Å². The number of likely N-dealkylation sites (N-methyl/N-ethyl adjacent to an activating group) is 1. The van der Waals surface area contributed by atoms with Crippen molar-refractivity contribution in [3.05, 3.63) is 72.9 Å². The Hall–Kier alpha value is -3.23. The van der Waals surface area contributed by atoms with Gasteiger partial charge in [-0.2, -0.15) is 0 Å². The van der Waals surface area contributed by atoms with Crippen molar-refractivity contribution in [2.24, 2.45) is 0 Å². The standard InChI is InChI=1S/C58H101NO7/c1-6-8-10-12-14-16-18-20-22-24-26-28-30-32-34-36-38-40-42-44-46-48-56(60)65-53-54(52-64-51-50-55(58(62)63)59(3,4)5)66-57(61)49-47-45-43-41-39-37-35-33-31-29-27-25-23-21-19-17-15-13-11-9-7-2/h14,16,20,22,26,28-29,31-32,34,38,40,54-55H,6-13,15,17-19,21,23-25,27,30,33,35-37,39,41-53H2,1-5H3/p+1/b16-14+,22-20+,28-26+,31-29+,34-32+,40-38+. The maximum absolute atomic E-state index is 12.8. The number of esters is 2. The highest BCUT2D eigenvalue weighted by molar-refractivity contribution is 5.72. The van der Waals surface area contributed by atoms with Gasteiger partial charge in [0.2, 0.25) is 0 Å². The first-order valence-corrected chi connectivity index (χ1v) is 27.0. The van der Waals surface area contributed by atoms with E-state index in [1.165, 1.54) is 128 Å². The molecule has 0 aliphatic rings. The van der Waals surface area contributed by atoms with Gasteiger partial charge in [-0.1, -0.05) is 189 Å². The first-order valence-electron chi connectivity index (χ1n) is 27.0. The second-order valence-corrected chi connectivity index (χ2v) is 19.1. The van der Waals surface area contributed by atoms with Crippen LogP contribution in [0.25, 0.3) is 0 Å². The van der Waals surface area contributed by atoms with E-state index in [4.69, 9.17) is 14.2 Å². The molecule has 0 aromatic heterocycles. The third-order valence-corrected chi connectivity index (χ3v) is 11.8. The number of quaternary nitrogens is 1. The summed E-state index contributed by atoms with van der Waals surface area (Å²) in [5.41, 5.74) is 0. The Bertz CT molecular complexity index is 1310. The van der Waals surface area contributed by atoms with Crippen LogP contribution in [-0.4, -0.2) is 80.6 Å². The van der Waals surface area contributed by atoms with Crippen molar-refractivity contribution in [2.45, 2.75) is 238 Å². The highest BCUT2D eigenvalue weighted by atomic mass is 16.6. The Kier molecular flexibility index (Phi) is 45.9. The van der Waals surface area contributed by atoms with Gasteiger partial charge in [0, 0.05) is 19.3 Å². The Morgan fingerprint density at radius 2 is 0.803 bits per heavy atom. The van der Waals surface area contributed by atoms with Gasteiger partial charge >= 0.3 is 17.9 Å². The lowest BCUT2D eigenvalue weighted by atomic mass is 10.1. The molecule has 0 aromatic carbocycles. The zero-order valence-corrected chi connectivity index (χ0v) is 43.4. The molecule has 0 spiro atoms. The second-order valence-electron chi connectivity index (χ2n) is 19.1. The molecule has 0 heterocycles. The van der Waals surface area contributed by atoms with Crippen LogP contribution in [0.15, 0.2) is 72.9 Å². The van der Waals surface area contributed by atoms with E-state index in [-0.39, 0.29) is 36.2 Å². The zero-order chi connectivity index (χ0) is 48.4. The van der Waals surface area contributed by atoms with Gasteiger partial charge in [0.1, 0.15) is 6.61 Å². The van der Waals surface area contributed by atoms with Crippen molar-refractivity contribution in [1.82, 2.24) is 0 Å². The largest absolute Gasteiger partial charge is 0.477 e. The average molecular weight is 925 g/mol. The van der Waals surface area contributed by atoms with E-state index in [2.05, 4.69) is 86.8 Å². The normalized spacial score (nSPS) is 13.4. The molecule has 66 heavy (non-hydrogen) atoms. The predicted octanol–water partition coefficient (Wildman–Crippen LogP) is 15.9. The first-order chi connectivity index (χ1) is 32.1. The van der Waals surface area contributed by atoms with Gasteiger partial charge in [-0.25, -0.2) is 4.79 Å². The molecule has 0 aliphatic heterocycles. The highest BCUT2D eigenvalue weighted by Crippen LogP contribution is 2.15. The molecule has 0 radical (unpaired) electrons. The summed E-state index contributed by atoms with van der Waals surface area (Å²) in [6.07, 6.45) is 62.4. The summed E-state index contributed by atoms with van der Waals surface area (Å²) in [6, 6.07) is -0.626. The summed E-state index contributed by atoms with van der Waals surface area (Å²) < 4.78 is 17.3. The van der Waals surface area contributed by atoms with Gasteiger partial charge < -0.3 is 23.8 Å². The quantitative estimate of drug-likeness (QED) is 0.0281. The average Bonchev–Trinajstić information content (AvgIpc) is 3.28. The van der Waals surface area contributed by atoms with Crippen molar-refractivity contribution < 1.29 is 38.2 Å². The molecule has 0 bridgehead atoms. The number of hydrogen-bond donors (Lipinski definition) is 1. The lowest BCUT2D eigenvalue weighted by Gasteiger charge is -2.31. The minimum atomic E-state index is -0.882. The Morgan fingerprint density at radius 1 is 0.455 bits per heavy atom. The fourth-order valence-corrected chi connectivity index (χ4v) is 7.64. The monoisotopic (exact) mass is 925 g/mol. The number of unbranched alkanes of at least 4 members (excludes halogenated alkanes) is 22. The Morgan fingerprint density at radius 3 is 1.26 bits per heavy atom. The number of ether oxygens (including phenoxy) is 3. The van der Waals surface area contributed by atoms with E-state index in [1.807, 2.05) is 21.1 Å². The van der Waals surface area contributed by atoms with Crippen LogP contribution in [0.1, 0.15) is 226 Å². The van der Waals surface area contributed by atoms with E-state index < -0.39 is 18.1 Å². The van der Waals surface area contributed by atoms with Crippen molar-refractivity contribution in [1.29, 1.82) is 0 Å². The number of aliphatic carboxylic acids is 1. The van der Waals surface area contributed by atoms with Crippen LogP contribution in [0.5, 0.6) is 0 Å². The third-order valence-electron chi connectivity index (χ3n) is 11.8. The summed E-state index contributed by atoms with van der Waals surface area (Å²) in [4.78, 5) is 37.2. The zero-order valence-electron chi connectivity index (χ0n) is 43.4. The fourth-order valence-electron chi connectivity index (χ4n) is 7.64. The second kappa shape index (κ2) is 48.2. The summed E-state index contributed by atoms with van der Waals surface area (Å²) in [7, 11) is 5.52. The molecule has 1 N–H and O–H groups in total. The van der Waals surface area contributed by atoms with Gasteiger partial charge in [-0.3, -0.25) is 9.59 Å². The Balaban J connectivity index is 4.32. The minimum Gasteiger partial charge on any atom is -0.477 e. The fraction of sp³-hybridized carbons (Fsp3) is 0.741. The molecule has 0 amide bonds. The molecular weight excluding hydrogens is 823 g/mol. The summed E-state index contributed by atoms with van der Waals surface area (Å²) in [5.74, 6) is -1.53. The number of carboxylic acid groups (broad SMARTS) is 1. The molecule has 0 saturated heterocycles. The SMILES string of the molecule is CCCCC/C=C/C/C=C/C/C=C/C/C=C/C/C=C/CCCCC(=O)OCC(COCCC(C(=O)O)[N+](C)(C)C)OC(=O)CCCCCCCCC/C=C/CCCCCCCCCCCC. The van der Waals surface area contributed by atoms with Crippen LogP contribution < -0.4 is 0 Å². The molecule has 0 saturated carbocycles. The number of hydrogen-bond acceptors (Lipinski definition) is 6. The number of carbonyl (C=O) groups excluding carboxylic acids is 2. The number of nitrogens with zero attached hydrogens (tertiary/aromatic N) is 1. The number of carboxylic acids is 1. The van der Waals surface area contributed by atoms with Gasteiger partial charge in [-0.05, 0) is 89.9 Å². The summed E-state index contributed by atoms with van der Waals surface area (Å²) in [5, 5.41) is 9.66. The Labute approximate surface area is 406 Å². The van der Waals surface area contributed by atoms with Crippen LogP contribution in [0, 0.1) is 0 Å². The maximum Gasteiger partial charge on any atom is 0.362 e. The molecule has 0 rings (SSSR count). The van der Waals surface area contributed by atoms with E-state index in [0.717, 1.165) is 57.8 Å². The van der Waals surface area contributed by atoms with Crippen LogP contribution in [-0.2, 0) is 28.6 Å². The molecule has 0 fully saturated rings. The topological polar surface area (TPSA) is 99.1 Å². The molecular formula is C58H102NO7+. The lowest BCUT2D eigenvalue weighted by molar-refractivity contribution is -0.887. The summed E-state index contributed by atoms with van der Waals surface area (Å²) >= 11 is 0. The van der Waals surface area contributed by atoms with Gasteiger partial charge in [-0.15, -0.1) is 0 Å². The van der Waals surface area contributed by atoms with Crippen molar-refractivity contribution in [3.63, 3.8) is 0 Å². The van der Waals surface area contributed by atoms with Crippen LogP contribution in [0.3, 0.4) is 0 Å². The van der Waals surface area contributed by atoms with Crippen molar-refractivity contribution in [2.75, 3.05) is 41.0 Å². The van der Waals surface area contributed by atoms with Crippen molar-refractivity contribution >= 4 is 17.9 Å². The van der Waals surface area contributed by atoms with Crippen LogP contribution in [0.2, 0.25) is 0 Å². The first kappa shape index (κ1) is 62.8. The van der Waals surface area contributed by atoms with E-state index in [9.17, 15) is 19.5 Å². The molecule has 8 heteroatoms. The molecule has 2 unspecified atom stereocenters. The smallest absolute Gasteiger partial charge is 0.362 e. The van der Waals surface area contributed by atoms with E-state index in [1.54, 1.807) is 0 Å². The van der Waals surface area contributed by atoms with Gasteiger partial charge in [0.25, 0.3) is 0 Å². The minimum absolute atomic E-state index is 0.0429.